The van der Waals surface area contributed by atoms with Crippen molar-refractivity contribution in [3.8, 4) is 0 Å². The first-order chi connectivity index (χ1) is 8.36. The second kappa shape index (κ2) is 4.95. The van der Waals surface area contributed by atoms with Crippen molar-refractivity contribution in [1.82, 2.24) is 0 Å². The van der Waals surface area contributed by atoms with Crippen LogP contribution in [0.3, 0.4) is 0 Å². The Morgan fingerprint density at radius 1 is 1.39 bits per heavy atom. The van der Waals surface area contributed by atoms with Gasteiger partial charge in [-0.2, -0.15) is 0 Å². The van der Waals surface area contributed by atoms with E-state index in [2.05, 4.69) is 32.9 Å². The number of hydrogen-bond donors (Lipinski definition) is 1. The molecule has 0 aromatic carbocycles. The average Bonchev–Trinajstić information content (AvgIpc) is 2.71. The third kappa shape index (κ3) is 2.79. The highest BCUT2D eigenvalue weighted by Crippen LogP contribution is 2.42. The fraction of sp³-hybridized carbons (Fsp3) is 0.733. The lowest BCUT2D eigenvalue weighted by atomic mass is 9.75. The molecule has 2 nitrogen and oxygen atoms in total. The van der Waals surface area contributed by atoms with Crippen molar-refractivity contribution in [1.29, 1.82) is 0 Å². The van der Waals surface area contributed by atoms with E-state index in [0.717, 1.165) is 19.3 Å². The van der Waals surface area contributed by atoms with Crippen LogP contribution in [0.1, 0.15) is 62.3 Å². The van der Waals surface area contributed by atoms with E-state index in [0.29, 0.717) is 0 Å². The molecule has 0 bridgehead atoms. The quantitative estimate of drug-likeness (QED) is 0.894. The van der Waals surface area contributed by atoms with Crippen molar-refractivity contribution in [2.24, 2.45) is 5.73 Å². The minimum atomic E-state index is 0.0608. The normalized spacial score (nSPS) is 20.5. The topological polar surface area (TPSA) is 35.2 Å². The maximum Gasteiger partial charge on any atom is 0.0697 e. The zero-order valence-electron chi connectivity index (χ0n) is 12.0. The second-order valence-corrected chi connectivity index (χ2v) is 7.62. The first-order valence-electron chi connectivity index (χ1n) is 6.77. The van der Waals surface area contributed by atoms with Gasteiger partial charge in [0.2, 0.25) is 0 Å². The molecule has 1 aliphatic rings. The molecule has 0 radical (unpaired) electrons. The molecule has 1 heterocycles. The lowest BCUT2D eigenvalue weighted by Gasteiger charge is -2.42. The number of ether oxygens (including phenoxy) is 1. The van der Waals surface area contributed by atoms with Gasteiger partial charge in [-0.1, -0.05) is 20.8 Å². The van der Waals surface area contributed by atoms with E-state index in [4.69, 9.17) is 10.5 Å². The molecular weight excluding hydrogens is 242 g/mol. The molecule has 1 unspecified atom stereocenters. The fourth-order valence-corrected chi connectivity index (χ4v) is 3.59. The minimum absolute atomic E-state index is 0.0608. The lowest BCUT2D eigenvalue weighted by molar-refractivity contribution is -0.0815. The summed E-state index contributed by atoms with van der Waals surface area (Å²) in [5.74, 6) is 0. The van der Waals surface area contributed by atoms with Crippen LogP contribution in [-0.2, 0) is 10.2 Å². The van der Waals surface area contributed by atoms with Crippen LogP contribution in [-0.4, -0.2) is 12.7 Å². The summed E-state index contributed by atoms with van der Waals surface area (Å²) >= 11 is 1.85. The number of methoxy groups -OCH3 is 1. The van der Waals surface area contributed by atoms with Crippen molar-refractivity contribution >= 4 is 11.3 Å². The highest BCUT2D eigenvalue weighted by molar-refractivity contribution is 7.12. The molecule has 0 saturated heterocycles. The van der Waals surface area contributed by atoms with Crippen molar-refractivity contribution in [3.05, 3.63) is 21.9 Å². The largest absolute Gasteiger partial charge is 0.378 e. The van der Waals surface area contributed by atoms with Crippen LogP contribution < -0.4 is 5.73 Å². The summed E-state index contributed by atoms with van der Waals surface area (Å²) in [6, 6.07) is 4.53. The van der Waals surface area contributed by atoms with Crippen LogP contribution in [0, 0.1) is 0 Å². The summed E-state index contributed by atoms with van der Waals surface area (Å²) in [6.07, 6.45) is 4.55. The van der Waals surface area contributed by atoms with Gasteiger partial charge in [0.15, 0.2) is 0 Å². The first-order valence-corrected chi connectivity index (χ1v) is 7.59. The summed E-state index contributed by atoms with van der Waals surface area (Å²) in [4.78, 5) is 2.70. The zero-order valence-corrected chi connectivity index (χ0v) is 12.8. The highest BCUT2D eigenvalue weighted by atomic mass is 32.1. The van der Waals surface area contributed by atoms with Crippen LogP contribution in [0.4, 0.5) is 0 Å². The van der Waals surface area contributed by atoms with Crippen molar-refractivity contribution < 1.29 is 4.74 Å². The molecule has 1 saturated carbocycles. The first kappa shape index (κ1) is 14.0. The minimum Gasteiger partial charge on any atom is -0.378 e. The van der Waals surface area contributed by atoms with Gasteiger partial charge >= 0.3 is 0 Å². The maximum absolute atomic E-state index is 6.35. The molecule has 3 heteroatoms. The summed E-state index contributed by atoms with van der Waals surface area (Å²) in [6.45, 7) is 6.74. The van der Waals surface area contributed by atoms with Crippen LogP contribution in [0.5, 0.6) is 0 Å². The molecule has 18 heavy (non-hydrogen) atoms. The summed E-state index contributed by atoms with van der Waals surface area (Å²) in [5.41, 5.74) is 6.63. The second-order valence-electron chi connectivity index (χ2n) is 6.50. The summed E-state index contributed by atoms with van der Waals surface area (Å²) in [7, 11) is 1.82. The van der Waals surface area contributed by atoms with Crippen LogP contribution in [0.25, 0.3) is 0 Å². The predicted molar refractivity (Wildman–Crippen MR) is 78.2 cm³/mol. The maximum atomic E-state index is 6.35. The van der Waals surface area contributed by atoms with Gasteiger partial charge in [0.1, 0.15) is 0 Å². The van der Waals surface area contributed by atoms with Crippen molar-refractivity contribution in [3.63, 3.8) is 0 Å². The van der Waals surface area contributed by atoms with Gasteiger partial charge in [-0.05, 0) is 43.2 Å². The Kier molecular flexibility index (Phi) is 3.86. The van der Waals surface area contributed by atoms with E-state index in [1.54, 1.807) is 0 Å². The smallest absolute Gasteiger partial charge is 0.0697 e. The van der Waals surface area contributed by atoms with Gasteiger partial charge in [0.25, 0.3) is 0 Å². The fourth-order valence-electron chi connectivity index (χ4n) is 2.52. The van der Waals surface area contributed by atoms with Gasteiger partial charge < -0.3 is 10.5 Å². The van der Waals surface area contributed by atoms with Gasteiger partial charge in [-0.15, -0.1) is 11.3 Å². The third-order valence-corrected chi connectivity index (χ3v) is 5.66. The summed E-state index contributed by atoms with van der Waals surface area (Å²) < 4.78 is 5.66. The summed E-state index contributed by atoms with van der Waals surface area (Å²) in [5, 5.41) is 0. The Bertz CT molecular complexity index is 395. The monoisotopic (exact) mass is 267 g/mol. The molecule has 1 aliphatic carbocycles. The Balaban J connectivity index is 2.05. The van der Waals surface area contributed by atoms with Gasteiger partial charge in [0, 0.05) is 22.9 Å². The van der Waals surface area contributed by atoms with Gasteiger partial charge in [0.05, 0.1) is 5.60 Å². The number of nitrogens with two attached hydrogens (primary N) is 1. The molecule has 0 spiro atoms. The Morgan fingerprint density at radius 3 is 2.44 bits per heavy atom. The van der Waals surface area contributed by atoms with E-state index in [1.165, 1.54) is 16.2 Å². The predicted octanol–water partition coefficient (Wildman–Crippen LogP) is 4.00. The molecule has 2 N–H and O–H groups in total. The number of thiophene rings is 1. The Morgan fingerprint density at radius 2 is 2.06 bits per heavy atom. The van der Waals surface area contributed by atoms with E-state index in [-0.39, 0.29) is 17.1 Å². The van der Waals surface area contributed by atoms with E-state index < -0.39 is 0 Å². The molecule has 0 aliphatic heterocycles. The van der Waals surface area contributed by atoms with Crippen molar-refractivity contribution in [2.45, 2.75) is 63.5 Å². The molecule has 1 aromatic rings. The molecular formula is C15H25NOS. The SMILES string of the molecule is COC1(CC(N)c2ccc(C(C)(C)C)s2)CCC1. The van der Waals surface area contributed by atoms with Crippen molar-refractivity contribution in [2.75, 3.05) is 7.11 Å². The van der Waals surface area contributed by atoms with Crippen LogP contribution in [0.2, 0.25) is 0 Å². The zero-order chi connectivity index (χ0) is 13.4. The van der Waals surface area contributed by atoms with E-state index >= 15 is 0 Å². The van der Waals surface area contributed by atoms with E-state index in [9.17, 15) is 0 Å². The number of hydrogen-bond acceptors (Lipinski definition) is 3. The number of rotatable bonds is 4. The van der Waals surface area contributed by atoms with Gasteiger partial charge in [-0.25, -0.2) is 0 Å². The average molecular weight is 267 g/mol. The molecule has 0 amide bonds. The molecule has 1 atom stereocenters. The van der Waals surface area contributed by atoms with Crippen LogP contribution >= 0.6 is 11.3 Å². The molecule has 2 rings (SSSR count). The molecule has 1 fully saturated rings. The van der Waals surface area contributed by atoms with Gasteiger partial charge in [-0.3, -0.25) is 0 Å². The third-order valence-electron chi connectivity index (χ3n) is 4.02. The van der Waals surface area contributed by atoms with E-state index in [1.807, 2.05) is 18.4 Å². The molecule has 102 valence electrons. The lowest BCUT2D eigenvalue weighted by Crippen LogP contribution is -2.41. The van der Waals surface area contributed by atoms with Crippen LogP contribution in [0.15, 0.2) is 12.1 Å². The Labute approximate surface area is 115 Å². The standard InChI is InChI=1S/C15H25NOS/c1-14(2,3)13-7-6-12(18-13)11(16)10-15(17-4)8-5-9-15/h6-7,11H,5,8-10,16H2,1-4H3. The molecule has 1 aromatic heterocycles. The Hall–Kier alpha value is -0.380. The highest BCUT2D eigenvalue weighted by Gasteiger charge is 2.38.